The van der Waals surface area contributed by atoms with Gasteiger partial charge in [0.25, 0.3) is 0 Å². The van der Waals surface area contributed by atoms with Crippen LogP contribution >= 0.6 is 0 Å². The van der Waals surface area contributed by atoms with E-state index in [2.05, 4.69) is 25.6 Å². The average Bonchev–Trinajstić information content (AvgIpc) is 2.71. The highest BCUT2D eigenvalue weighted by atomic mass is 32.2. The molecule has 0 atom stereocenters. The average molecular weight is 424 g/mol. The van der Waals surface area contributed by atoms with E-state index < -0.39 is 15.8 Å². The molecule has 2 aromatic carbocycles. The van der Waals surface area contributed by atoms with Gasteiger partial charge in [0.15, 0.2) is 11.6 Å². The summed E-state index contributed by atoms with van der Waals surface area (Å²) in [5.74, 6) is -0.598. The van der Waals surface area contributed by atoms with Gasteiger partial charge in [0.05, 0.1) is 16.6 Å². The first-order valence-corrected chi connectivity index (χ1v) is 10.4. The molecule has 8 nitrogen and oxygen atoms in total. The van der Waals surface area contributed by atoms with Gasteiger partial charge < -0.3 is 10.6 Å². The van der Waals surface area contributed by atoms with E-state index in [-0.39, 0.29) is 16.7 Å². The number of anilines is 4. The molecule has 0 unspecified atom stereocenters. The molecule has 4 aromatic rings. The lowest BCUT2D eigenvalue weighted by Gasteiger charge is -2.12. The van der Waals surface area contributed by atoms with E-state index in [9.17, 15) is 12.8 Å². The van der Waals surface area contributed by atoms with Crippen LogP contribution in [0.3, 0.4) is 0 Å². The normalized spacial score (nSPS) is 11.4. The summed E-state index contributed by atoms with van der Waals surface area (Å²) in [6.07, 6.45) is 2.70. The van der Waals surface area contributed by atoms with Crippen molar-refractivity contribution in [3.05, 3.63) is 72.3 Å². The van der Waals surface area contributed by atoms with Gasteiger partial charge in [-0.1, -0.05) is 12.1 Å². The fourth-order valence-corrected chi connectivity index (χ4v) is 3.78. The highest BCUT2D eigenvalue weighted by molar-refractivity contribution is 7.89. The number of nitrogens with two attached hydrogens (primary N) is 1. The van der Waals surface area contributed by atoms with Crippen molar-refractivity contribution in [2.24, 2.45) is 5.14 Å². The number of sulfonamides is 1. The lowest BCUT2D eigenvalue weighted by Crippen LogP contribution is -2.14. The predicted octanol–water partition coefficient (Wildman–Crippen LogP) is 3.61. The molecule has 0 saturated heterocycles. The smallest absolute Gasteiger partial charge is 0.238 e. The topological polar surface area (TPSA) is 123 Å². The van der Waals surface area contributed by atoms with Crippen molar-refractivity contribution in [3.8, 4) is 0 Å². The third-order valence-corrected chi connectivity index (χ3v) is 5.45. The number of aromatic nitrogens is 3. The van der Waals surface area contributed by atoms with E-state index in [1.807, 2.05) is 12.1 Å². The molecule has 4 rings (SSSR count). The number of hydrogen-bond acceptors (Lipinski definition) is 7. The zero-order chi connectivity index (χ0) is 21.3. The monoisotopic (exact) mass is 424 g/mol. The summed E-state index contributed by atoms with van der Waals surface area (Å²) in [6, 6.07) is 13.7. The maximum absolute atomic E-state index is 14.3. The molecule has 4 N–H and O–H groups in total. The molecule has 0 saturated carbocycles. The summed E-state index contributed by atoms with van der Waals surface area (Å²) in [5, 5.41) is 11.9. The largest absolute Gasteiger partial charge is 0.337 e. The Hall–Kier alpha value is -3.63. The minimum Gasteiger partial charge on any atom is -0.337 e. The van der Waals surface area contributed by atoms with Gasteiger partial charge in [0.2, 0.25) is 16.0 Å². The summed E-state index contributed by atoms with van der Waals surface area (Å²) in [7, 11) is -3.88. The fourth-order valence-electron chi connectivity index (χ4n) is 2.97. The maximum Gasteiger partial charge on any atom is 0.238 e. The Balaban J connectivity index is 1.66. The summed E-state index contributed by atoms with van der Waals surface area (Å²) >= 11 is 0. The molecule has 0 aliphatic carbocycles. The molecule has 30 heavy (non-hydrogen) atoms. The Labute approximate surface area is 172 Å². The number of aryl methyl sites for hydroxylation is 1. The second kappa shape index (κ2) is 7.65. The van der Waals surface area contributed by atoms with Crippen molar-refractivity contribution < 1.29 is 12.8 Å². The van der Waals surface area contributed by atoms with Crippen LogP contribution in [0, 0.1) is 12.7 Å². The first-order chi connectivity index (χ1) is 14.3. The summed E-state index contributed by atoms with van der Waals surface area (Å²) in [5.41, 5.74) is 2.30. The molecular weight excluding hydrogens is 407 g/mol. The van der Waals surface area contributed by atoms with Crippen molar-refractivity contribution in [1.82, 2.24) is 15.0 Å². The quantitative estimate of drug-likeness (QED) is 0.447. The van der Waals surface area contributed by atoms with Crippen LogP contribution in [0.2, 0.25) is 0 Å². The molecule has 10 heteroatoms. The summed E-state index contributed by atoms with van der Waals surface area (Å²) in [4.78, 5) is 12.4. The zero-order valence-electron chi connectivity index (χ0n) is 15.8. The van der Waals surface area contributed by atoms with Gasteiger partial charge in [-0.05, 0) is 48.9 Å². The second-order valence-corrected chi connectivity index (χ2v) is 8.07. The van der Waals surface area contributed by atoms with E-state index in [1.54, 1.807) is 43.5 Å². The fraction of sp³-hybridized carbons (Fsp3) is 0.0500. The number of halogens is 1. The van der Waals surface area contributed by atoms with Crippen LogP contribution < -0.4 is 15.8 Å². The first-order valence-electron chi connectivity index (χ1n) is 8.85. The van der Waals surface area contributed by atoms with Crippen LogP contribution in [0.25, 0.3) is 10.9 Å². The Kier molecular flexibility index (Phi) is 5.02. The van der Waals surface area contributed by atoms with Crippen molar-refractivity contribution in [3.63, 3.8) is 0 Å². The molecule has 0 radical (unpaired) electrons. The molecule has 2 aromatic heterocycles. The highest BCUT2D eigenvalue weighted by Gasteiger charge is 2.14. The van der Waals surface area contributed by atoms with Crippen LogP contribution in [0.15, 0.2) is 65.8 Å². The van der Waals surface area contributed by atoms with Gasteiger partial charge in [-0.15, -0.1) is 0 Å². The molecule has 0 fully saturated rings. The van der Waals surface area contributed by atoms with Crippen LogP contribution in [-0.2, 0) is 10.0 Å². The third-order valence-electron chi connectivity index (χ3n) is 4.39. The predicted molar refractivity (Wildman–Crippen MR) is 113 cm³/mol. The lowest BCUT2D eigenvalue weighted by molar-refractivity contribution is 0.597. The van der Waals surface area contributed by atoms with Crippen molar-refractivity contribution in [2.75, 3.05) is 10.6 Å². The van der Waals surface area contributed by atoms with Gasteiger partial charge in [-0.3, -0.25) is 4.98 Å². The maximum atomic E-state index is 14.3. The summed E-state index contributed by atoms with van der Waals surface area (Å²) in [6.45, 7) is 1.64. The molecular formula is C20H17FN6O2S. The van der Waals surface area contributed by atoms with Gasteiger partial charge in [0.1, 0.15) is 0 Å². The number of pyridine rings is 1. The number of nitrogens with one attached hydrogen (secondary N) is 2. The van der Waals surface area contributed by atoms with Crippen LogP contribution in [0.4, 0.5) is 27.5 Å². The van der Waals surface area contributed by atoms with Gasteiger partial charge in [0, 0.05) is 23.0 Å². The Morgan fingerprint density at radius 1 is 1.03 bits per heavy atom. The number of primary sulfonamides is 1. The standard InChI is InChI=1S/C20H17FN6O2S/c1-12-7-8-13(10-18(12)30(22,28)29)25-20-24-11-15(21)19(27-20)26-17-6-2-5-16-14(17)4-3-9-23-16/h2-11H,1H3,(H2,22,28,29)(H2,24,25,26,27). The van der Waals surface area contributed by atoms with Crippen molar-refractivity contribution in [2.45, 2.75) is 11.8 Å². The minimum absolute atomic E-state index is 0.0174. The molecule has 0 amide bonds. The lowest BCUT2D eigenvalue weighted by atomic mass is 10.2. The van der Waals surface area contributed by atoms with E-state index in [1.165, 1.54) is 6.07 Å². The first kappa shape index (κ1) is 19.7. The Bertz CT molecular complexity index is 1360. The van der Waals surface area contributed by atoms with Crippen LogP contribution in [-0.4, -0.2) is 23.4 Å². The highest BCUT2D eigenvalue weighted by Crippen LogP contribution is 2.27. The van der Waals surface area contributed by atoms with Gasteiger partial charge in [-0.2, -0.15) is 4.98 Å². The SMILES string of the molecule is Cc1ccc(Nc2ncc(F)c(Nc3cccc4ncccc34)n2)cc1S(N)(=O)=O. The van der Waals surface area contributed by atoms with Gasteiger partial charge >= 0.3 is 0 Å². The number of fused-ring (bicyclic) bond motifs is 1. The van der Waals surface area contributed by atoms with E-state index in [0.29, 0.717) is 16.9 Å². The van der Waals surface area contributed by atoms with E-state index in [0.717, 1.165) is 17.1 Å². The molecule has 0 aliphatic heterocycles. The Morgan fingerprint density at radius 3 is 2.67 bits per heavy atom. The summed E-state index contributed by atoms with van der Waals surface area (Å²) < 4.78 is 37.8. The zero-order valence-corrected chi connectivity index (χ0v) is 16.6. The number of nitrogens with zero attached hydrogens (tertiary/aromatic N) is 3. The Morgan fingerprint density at radius 2 is 1.87 bits per heavy atom. The molecule has 0 spiro atoms. The van der Waals surface area contributed by atoms with Crippen LogP contribution in [0.1, 0.15) is 5.56 Å². The molecule has 2 heterocycles. The van der Waals surface area contributed by atoms with E-state index >= 15 is 0 Å². The van der Waals surface area contributed by atoms with Crippen molar-refractivity contribution in [1.29, 1.82) is 0 Å². The molecule has 152 valence electrons. The minimum atomic E-state index is -3.88. The van der Waals surface area contributed by atoms with Crippen molar-refractivity contribution >= 4 is 44.1 Å². The second-order valence-electron chi connectivity index (χ2n) is 6.54. The van der Waals surface area contributed by atoms with Crippen LogP contribution in [0.5, 0.6) is 0 Å². The number of hydrogen-bond donors (Lipinski definition) is 3. The number of rotatable bonds is 5. The molecule has 0 bridgehead atoms. The van der Waals surface area contributed by atoms with E-state index in [4.69, 9.17) is 5.14 Å². The number of benzene rings is 2. The molecule has 0 aliphatic rings. The third kappa shape index (κ3) is 4.04. The van der Waals surface area contributed by atoms with Gasteiger partial charge in [-0.25, -0.2) is 22.9 Å².